The Kier molecular flexibility index (Phi) is 4.67. The highest BCUT2D eigenvalue weighted by Crippen LogP contribution is 2.32. The lowest BCUT2D eigenvalue weighted by Gasteiger charge is -2.18. The van der Waals surface area contributed by atoms with Gasteiger partial charge >= 0.3 is 10.2 Å². The van der Waals surface area contributed by atoms with Gasteiger partial charge in [-0.1, -0.05) is 29.3 Å². The molecule has 1 aliphatic rings. The van der Waals surface area contributed by atoms with E-state index in [4.69, 9.17) is 27.9 Å². The molecule has 1 aromatic rings. The zero-order chi connectivity index (χ0) is 15.8. The molecule has 9 heteroatoms. The Hall–Kier alpha value is -1.02. The van der Waals surface area contributed by atoms with Crippen molar-refractivity contribution in [2.45, 2.75) is 13.0 Å². The Morgan fingerprint density at radius 2 is 1.86 bits per heavy atom. The van der Waals surface area contributed by atoms with Crippen molar-refractivity contribution in [1.82, 2.24) is 8.61 Å². The largest absolute Gasteiger partial charge is 0.489 e. The summed E-state index contributed by atoms with van der Waals surface area (Å²) in [5.74, 6) is -0.171. The minimum atomic E-state index is -3.77. The molecule has 1 aromatic carbocycles. The summed E-state index contributed by atoms with van der Waals surface area (Å²) in [6.07, 6.45) is 0. The molecule has 21 heavy (non-hydrogen) atoms. The van der Waals surface area contributed by atoms with Crippen molar-refractivity contribution in [2.24, 2.45) is 0 Å². The van der Waals surface area contributed by atoms with Gasteiger partial charge in [-0.25, -0.2) is 4.31 Å². The highest BCUT2D eigenvalue weighted by atomic mass is 35.5. The quantitative estimate of drug-likeness (QED) is 0.828. The van der Waals surface area contributed by atoms with Gasteiger partial charge in [0.15, 0.2) is 5.75 Å². The van der Waals surface area contributed by atoms with Crippen LogP contribution in [0.25, 0.3) is 0 Å². The monoisotopic (exact) mass is 352 g/mol. The Bertz CT molecular complexity index is 645. The van der Waals surface area contributed by atoms with E-state index in [0.29, 0.717) is 15.8 Å². The number of rotatable bonds is 4. The Morgan fingerprint density at radius 3 is 2.33 bits per heavy atom. The minimum absolute atomic E-state index is 0.0289. The summed E-state index contributed by atoms with van der Waals surface area (Å²) in [4.78, 5) is 11.7. The molecule has 0 spiro atoms. The van der Waals surface area contributed by atoms with Gasteiger partial charge in [0.25, 0.3) is 5.91 Å². The first-order chi connectivity index (χ1) is 9.76. The van der Waals surface area contributed by atoms with Crippen LogP contribution in [0.2, 0.25) is 10.0 Å². The lowest BCUT2D eigenvalue weighted by molar-refractivity contribution is -0.126. The molecule has 0 N–H and O–H groups in total. The molecule has 0 unspecified atom stereocenters. The molecular formula is C12H14Cl2N2O4S. The van der Waals surface area contributed by atoms with Gasteiger partial charge < -0.3 is 4.74 Å². The van der Waals surface area contributed by atoms with Crippen LogP contribution in [0.3, 0.4) is 0 Å². The van der Waals surface area contributed by atoms with Crippen molar-refractivity contribution in [3.8, 4) is 5.75 Å². The van der Waals surface area contributed by atoms with Crippen LogP contribution in [0, 0.1) is 0 Å². The fourth-order valence-corrected chi connectivity index (χ4v) is 4.02. The van der Waals surface area contributed by atoms with Crippen molar-refractivity contribution < 1.29 is 17.9 Å². The molecular weight excluding hydrogens is 339 g/mol. The van der Waals surface area contributed by atoms with E-state index in [1.165, 1.54) is 14.0 Å². The lowest BCUT2D eigenvalue weighted by Crippen LogP contribution is -2.37. The van der Waals surface area contributed by atoms with Crippen LogP contribution in [0.15, 0.2) is 18.2 Å². The second kappa shape index (κ2) is 6.00. The first kappa shape index (κ1) is 16.4. The van der Waals surface area contributed by atoms with Crippen molar-refractivity contribution in [3.05, 3.63) is 28.2 Å². The van der Waals surface area contributed by atoms with E-state index in [2.05, 4.69) is 0 Å². The highest BCUT2D eigenvalue weighted by molar-refractivity contribution is 7.87. The van der Waals surface area contributed by atoms with E-state index in [0.717, 1.165) is 8.61 Å². The fraction of sp³-hybridized carbons (Fsp3) is 0.417. The van der Waals surface area contributed by atoms with E-state index in [-0.39, 0.29) is 13.2 Å². The molecule has 1 saturated heterocycles. The van der Waals surface area contributed by atoms with Gasteiger partial charge in [-0.3, -0.25) is 4.79 Å². The van der Waals surface area contributed by atoms with Gasteiger partial charge in [0, 0.05) is 7.05 Å². The second-order valence-electron chi connectivity index (χ2n) is 4.50. The number of hydrogen-bond donors (Lipinski definition) is 0. The second-order valence-corrected chi connectivity index (χ2v) is 7.23. The number of amides is 1. The predicted octanol–water partition coefficient (Wildman–Crippen LogP) is 1.78. The van der Waals surface area contributed by atoms with Gasteiger partial charge in [-0.2, -0.15) is 12.7 Å². The molecule has 1 atom stereocenters. The Morgan fingerprint density at radius 1 is 1.29 bits per heavy atom. The third kappa shape index (κ3) is 2.96. The molecule has 0 radical (unpaired) electrons. The van der Waals surface area contributed by atoms with Crippen molar-refractivity contribution in [2.75, 3.05) is 20.2 Å². The Labute approximate surface area is 133 Å². The van der Waals surface area contributed by atoms with Gasteiger partial charge in [0.2, 0.25) is 0 Å². The molecule has 0 aliphatic carbocycles. The maximum absolute atomic E-state index is 12.0. The first-order valence-electron chi connectivity index (χ1n) is 6.13. The van der Waals surface area contributed by atoms with Crippen molar-refractivity contribution in [3.63, 3.8) is 0 Å². The van der Waals surface area contributed by atoms with Crippen molar-refractivity contribution in [1.29, 1.82) is 0 Å². The number of para-hydroxylation sites is 1. The molecule has 1 amide bonds. The maximum Gasteiger partial charge on any atom is 0.306 e. The van der Waals surface area contributed by atoms with Crippen LogP contribution in [0.1, 0.15) is 6.92 Å². The number of ether oxygens (including phenoxy) is 1. The van der Waals surface area contributed by atoms with Crippen LogP contribution in [0.4, 0.5) is 0 Å². The minimum Gasteiger partial charge on any atom is -0.489 e. The number of hydrogen-bond acceptors (Lipinski definition) is 4. The van der Waals surface area contributed by atoms with E-state index in [9.17, 15) is 13.2 Å². The topological polar surface area (TPSA) is 66.9 Å². The normalized spacial score (nSPS) is 21.8. The Balaban J connectivity index is 2.06. The molecule has 0 aromatic heterocycles. The third-order valence-corrected chi connectivity index (χ3v) is 5.78. The maximum atomic E-state index is 12.0. The molecule has 1 heterocycles. The van der Waals surface area contributed by atoms with Crippen LogP contribution in [-0.4, -0.2) is 49.2 Å². The summed E-state index contributed by atoms with van der Waals surface area (Å²) in [6, 6.07) is 4.17. The zero-order valence-corrected chi connectivity index (χ0v) is 13.7. The van der Waals surface area contributed by atoms with E-state index in [1.807, 2.05) is 0 Å². The van der Waals surface area contributed by atoms with Gasteiger partial charge in [0.1, 0.15) is 12.6 Å². The molecule has 2 rings (SSSR count). The summed E-state index contributed by atoms with van der Waals surface area (Å²) in [5.41, 5.74) is 0. The molecule has 1 aliphatic heterocycles. The van der Waals surface area contributed by atoms with Crippen LogP contribution < -0.4 is 4.74 Å². The summed E-state index contributed by atoms with van der Waals surface area (Å²) in [6.45, 7) is 1.60. The highest BCUT2D eigenvalue weighted by Gasteiger charge is 2.45. The number of likely N-dealkylation sites (N-methyl/N-ethyl adjacent to an activating group) is 1. The summed E-state index contributed by atoms with van der Waals surface area (Å²) < 4.78 is 31.3. The van der Waals surface area contributed by atoms with E-state index in [1.54, 1.807) is 18.2 Å². The molecule has 6 nitrogen and oxygen atoms in total. The number of halogens is 2. The summed E-state index contributed by atoms with van der Waals surface area (Å²) in [5, 5.41) is 0.682. The van der Waals surface area contributed by atoms with Crippen LogP contribution in [-0.2, 0) is 15.0 Å². The first-order valence-corrected chi connectivity index (χ1v) is 8.28. The number of benzene rings is 1. The smallest absolute Gasteiger partial charge is 0.306 e. The van der Waals surface area contributed by atoms with Gasteiger partial charge in [-0.15, -0.1) is 0 Å². The zero-order valence-electron chi connectivity index (χ0n) is 11.4. The molecule has 0 bridgehead atoms. The molecule has 1 fully saturated rings. The lowest BCUT2D eigenvalue weighted by atomic mass is 10.3. The van der Waals surface area contributed by atoms with Gasteiger partial charge in [-0.05, 0) is 19.1 Å². The standard InChI is InChI=1S/C12H14Cl2N2O4S/c1-8-12(17)15(2)21(18,19)16(8)6-7-20-11-9(13)4-3-5-10(11)14/h3-5,8H,6-7H2,1-2H3/t8-/m1/s1. The average molecular weight is 353 g/mol. The van der Waals surface area contributed by atoms with Crippen LogP contribution >= 0.6 is 23.2 Å². The van der Waals surface area contributed by atoms with Crippen molar-refractivity contribution >= 4 is 39.3 Å². The SMILES string of the molecule is C[C@@H]1C(=O)N(C)S(=O)(=O)N1CCOc1c(Cl)cccc1Cl. The third-order valence-electron chi connectivity index (χ3n) is 3.22. The van der Waals surface area contributed by atoms with Crippen LogP contribution in [0.5, 0.6) is 5.75 Å². The van der Waals surface area contributed by atoms with Gasteiger partial charge in [0.05, 0.1) is 16.6 Å². The van der Waals surface area contributed by atoms with E-state index >= 15 is 0 Å². The number of nitrogens with zero attached hydrogens (tertiary/aromatic N) is 2. The number of carbonyl (C=O) groups excluding carboxylic acids is 1. The molecule has 116 valence electrons. The number of carbonyl (C=O) groups is 1. The molecule has 0 saturated carbocycles. The summed E-state index contributed by atoms with van der Waals surface area (Å²) in [7, 11) is -2.53. The fourth-order valence-electron chi connectivity index (χ4n) is 2.02. The van der Waals surface area contributed by atoms with E-state index < -0.39 is 22.2 Å². The average Bonchev–Trinajstić information content (AvgIpc) is 2.56. The predicted molar refractivity (Wildman–Crippen MR) is 79.8 cm³/mol. The summed E-state index contributed by atoms with van der Waals surface area (Å²) >= 11 is 11.9.